The van der Waals surface area contributed by atoms with E-state index in [4.69, 9.17) is 5.11 Å². The van der Waals surface area contributed by atoms with E-state index < -0.39 is 12.3 Å². The fourth-order valence-corrected chi connectivity index (χ4v) is 2.72. The molecule has 0 amide bonds. The van der Waals surface area contributed by atoms with E-state index in [1.54, 1.807) is 4.90 Å². The molecule has 2 rings (SSSR count). The second-order valence-electron chi connectivity index (χ2n) is 4.68. The summed E-state index contributed by atoms with van der Waals surface area (Å²) in [4.78, 5) is 1.78. The van der Waals surface area contributed by atoms with Crippen molar-refractivity contribution in [2.45, 2.75) is 31.2 Å². The van der Waals surface area contributed by atoms with Crippen molar-refractivity contribution in [1.29, 1.82) is 0 Å². The van der Waals surface area contributed by atoms with E-state index in [0.717, 1.165) is 25.9 Å². The van der Waals surface area contributed by atoms with E-state index >= 15 is 0 Å². The van der Waals surface area contributed by atoms with Crippen molar-refractivity contribution in [2.75, 3.05) is 26.2 Å². The number of β-amino-alcohol motifs (C(OH)–C–C–N with tert-alkyl or cyclic N) is 1. The molecule has 0 bridgehead atoms. The fraction of sp³-hybridized carbons (Fsp3) is 1.00. The van der Waals surface area contributed by atoms with Crippen LogP contribution in [0.3, 0.4) is 0 Å². The number of fused-ring (bicyclic) bond motifs is 1. The number of hydrogen-bond donors (Lipinski definition) is 2. The highest BCUT2D eigenvalue weighted by Crippen LogP contribution is 2.28. The molecule has 3 unspecified atom stereocenters. The van der Waals surface area contributed by atoms with Gasteiger partial charge in [0.15, 0.2) is 6.10 Å². The lowest BCUT2D eigenvalue weighted by molar-refractivity contribution is -0.210. The number of piperidine rings is 1. The molecule has 0 spiro atoms. The minimum Gasteiger partial charge on any atom is -0.382 e. The molecule has 3 nitrogen and oxygen atoms in total. The monoisotopic (exact) mass is 238 g/mol. The summed E-state index contributed by atoms with van der Waals surface area (Å²) in [5.74, 6) is 0.453. The average molecular weight is 238 g/mol. The first-order valence-electron chi connectivity index (χ1n) is 5.68. The van der Waals surface area contributed by atoms with Crippen LogP contribution in [0, 0.1) is 5.92 Å². The molecule has 0 radical (unpaired) electrons. The summed E-state index contributed by atoms with van der Waals surface area (Å²) in [6, 6.07) is 0.172. The van der Waals surface area contributed by atoms with E-state index in [1.807, 2.05) is 0 Å². The molecule has 2 fully saturated rings. The summed E-state index contributed by atoms with van der Waals surface area (Å²) in [5.41, 5.74) is 0. The van der Waals surface area contributed by atoms with Gasteiger partial charge in [-0.3, -0.25) is 4.90 Å². The van der Waals surface area contributed by atoms with E-state index in [-0.39, 0.29) is 12.6 Å². The molecule has 3 atom stereocenters. The highest BCUT2D eigenvalue weighted by Gasteiger charge is 2.42. The minimum absolute atomic E-state index is 0.172. The molecule has 6 heteroatoms. The number of rotatable bonds is 2. The Hall–Kier alpha value is -0.330. The second-order valence-corrected chi connectivity index (χ2v) is 4.68. The van der Waals surface area contributed by atoms with E-state index in [9.17, 15) is 13.2 Å². The lowest BCUT2D eigenvalue weighted by Crippen LogP contribution is -2.50. The van der Waals surface area contributed by atoms with Gasteiger partial charge in [-0.15, -0.1) is 0 Å². The zero-order valence-corrected chi connectivity index (χ0v) is 9.00. The third-order valence-electron chi connectivity index (χ3n) is 3.58. The zero-order valence-electron chi connectivity index (χ0n) is 9.00. The highest BCUT2D eigenvalue weighted by atomic mass is 19.4. The first kappa shape index (κ1) is 12.1. The van der Waals surface area contributed by atoms with E-state index in [1.165, 1.54) is 0 Å². The van der Waals surface area contributed by atoms with Crippen molar-refractivity contribution in [3.05, 3.63) is 0 Å². The van der Waals surface area contributed by atoms with Gasteiger partial charge in [-0.1, -0.05) is 0 Å². The average Bonchev–Trinajstić information content (AvgIpc) is 2.65. The van der Waals surface area contributed by atoms with E-state index in [2.05, 4.69) is 5.32 Å². The quantitative estimate of drug-likeness (QED) is 0.739. The maximum atomic E-state index is 12.3. The molecule has 0 aliphatic carbocycles. The van der Waals surface area contributed by atoms with Crippen LogP contribution in [0.15, 0.2) is 0 Å². The van der Waals surface area contributed by atoms with Crippen molar-refractivity contribution in [2.24, 2.45) is 5.92 Å². The number of nitrogens with zero attached hydrogens (tertiary/aromatic N) is 1. The van der Waals surface area contributed by atoms with Crippen LogP contribution < -0.4 is 5.32 Å². The van der Waals surface area contributed by atoms with Gasteiger partial charge in [-0.2, -0.15) is 13.2 Å². The topological polar surface area (TPSA) is 35.5 Å². The molecule has 0 aromatic carbocycles. The van der Waals surface area contributed by atoms with Crippen LogP contribution in [0.4, 0.5) is 13.2 Å². The van der Waals surface area contributed by atoms with Gasteiger partial charge in [0.2, 0.25) is 0 Å². The Balaban J connectivity index is 1.93. The molecule has 0 saturated carbocycles. The number of halogens is 3. The molecule has 0 aromatic heterocycles. The van der Waals surface area contributed by atoms with Gasteiger partial charge in [0, 0.05) is 19.1 Å². The van der Waals surface area contributed by atoms with E-state index in [0.29, 0.717) is 12.5 Å². The second kappa shape index (κ2) is 4.50. The Bertz CT molecular complexity index is 247. The van der Waals surface area contributed by atoms with Crippen LogP contribution in [0.2, 0.25) is 0 Å². The molecule has 0 aromatic rings. The molecule has 16 heavy (non-hydrogen) atoms. The molecule has 2 heterocycles. The van der Waals surface area contributed by atoms with Gasteiger partial charge in [-0.25, -0.2) is 0 Å². The van der Waals surface area contributed by atoms with Crippen LogP contribution in [0.1, 0.15) is 12.8 Å². The maximum Gasteiger partial charge on any atom is 0.415 e. The summed E-state index contributed by atoms with van der Waals surface area (Å²) in [7, 11) is 0. The van der Waals surface area contributed by atoms with Crippen LogP contribution in [-0.4, -0.2) is 54.5 Å². The van der Waals surface area contributed by atoms with Crippen molar-refractivity contribution in [3.63, 3.8) is 0 Å². The van der Waals surface area contributed by atoms with Crippen LogP contribution in [-0.2, 0) is 0 Å². The van der Waals surface area contributed by atoms with Gasteiger partial charge < -0.3 is 10.4 Å². The van der Waals surface area contributed by atoms with Gasteiger partial charge in [0.25, 0.3) is 0 Å². The van der Waals surface area contributed by atoms with Gasteiger partial charge in [0.1, 0.15) is 0 Å². The number of alkyl halides is 3. The summed E-state index contributed by atoms with van der Waals surface area (Å²) in [6.07, 6.45) is -4.71. The first-order valence-corrected chi connectivity index (χ1v) is 5.68. The largest absolute Gasteiger partial charge is 0.415 e. The summed E-state index contributed by atoms with van der Waals surface area (Å²) in [6.45, 7) is 2.01. The molecule has 94 valence electrons. The number of likely N-dealkylation sites (tertiary alicyclic amines) is 1. The standard InChI is InChI=1S/C10H17F3N2O/c11-10(12,13)9(16)6-15-3-1-2-7-4-14-5-8(7)15/h7-9,14,16H,1-6H2. The Kier molecular flexibility index (Phi) is 3.42. The fourth-order valence-electron chi connectivity index (χ4n) is 2.72. The Morgan fingerprint density at radius 2 is 2.12 bits per heavy atom. The highest BCUT2D eigenvalue weighted by molar-refractivity contribution is 4.93. The summed E-state index contributed by atoms with van der Waals surface area (Å²) < 4.78 is 36.8. The third-order valence-corrected chi connectivity index (χ3v) is 3.58. The van der Waals surface area contributed by atoms with Crippen LogP contribution >= 0.6 is 0 Å². The number of nitrogens with one attached hydrogen (secondary N) is 1. The van der Waals surface area contributed by atoms with Crippen LogP contribution in [0.25, 0.3) is 0 Å². The van der Waals surface area contributed by atoms with Crippen molar-refractivity contribution < 1.29 is 18.3 Å². The summed E-state index contributed by atoms with van der Waals surface area (Å²) >= 11 is 0. The number of hydrogen-bond acceptors (Lipinski definition) is 3. The predicted octanol–water partition coefficient (Wildman–Crippen LogP) is 0.593. The molecular formula is C10H17F3N2O. The SMILES string of the molecule is OC(CN1CCCC2CNCC21)C(F)(F)F. The van der Waals surface area contributed by atoms with Crippen LogP contribution in [0.5, 0.6) is 0 Å². The molecule has 2 saturated heterocycles. The molecule has 2 aliphatic rings. The lowest BCUT2D eigenvalue weighted by Gasteiger charge is -2.38. The maximum absolute atomic E-state index is 12.3. The minimum atomic E-state index is -4.50. The Labute approximate surface area is 92.6 Å². The number of aliphatic hydroxyl groups excluding tert-OH is 1. The van der Waals surface area contributed by atoms with Crippen molar-refractivity contribution in [3.8, 4) is 0 Å². The van der Waals surface area contributed by atoms with Gasteiger partial charge in [-0.05, 0) is 31.8 Å². The zero-order chi connectivity index (χ0) is 11.8. The van der Waals surface area contributed by atoms with Gasteiger partial charge in [0.05, 0.1) is 0 Å². The molecule has 2 aliphatic heterocycles. The first-order chi connectivity index (χ1) is 7.48. The Morgan fingerprint density at radius 1 is 1.38 bits per heavy atom. The van der Waals surface area contributed by atoms with Crippen molar-refractivity contribution >= 4 is 0 Å². The summed E-state index contributed by atoms with van der Waals surface area (Å²) in [5, 5.41) is 12.3. The smallest absolute Gasteiger partial charge is 0.382 e. The van der Waals surface area contributed by atoms with Crippen molar-refractivity contribution in [1.82, 2.24) is 10.2 Å². The molecule has 2 N–H and O–H groups in total. The lowest BCUT2D eigenvalue weighted by atomic mass is 9.92. The normalized spacial score (nSPS) is 33.8. The number of aliphatic hydroxyl groups is 1. The van der Waals surface area contributed by atoms with Gasteiger partial charge >= 0.3 is 6.18 Å². The predicted molar refractivity (Wildman–Crippen MR) is 53.0 cm³/mol. The third kappa shape index (κ3) is 2.49. The molecular weight excluding hydrogens is 221 g/mol. The Morgan fingerprint density at radius 3 is 2.81 bits per heavy atom.